The molecule has 7 heteroatoms. The normalized spacial score (nSPS) is 23.9. The highest BCUT2D eigenvalue weighted by atomic mass is 79.9. The second kappa shape index (κ2) is 6.16. The van der Waals surface area contributed by atoms with E-state index in [1.165, 1.54) is 4.90 Å². The van der Waals surface area contributed by atoms with Crippen molar-refractivity contribution < 1.29 is 19.2 Å². The van der Waals surface area contributed by atoms with Crippen LogP contribution < -0.4 is 9.80 Å². The van der Waals surface area contributed by atoms with E-state index in [9.17, 15) is 9.59 Å². The minimum atomic E-state index is -0.281. The fourth-order valence-electron chi connectivity index (χ4n) is 2.85. The number of carbonyl (C=O) groups excluding carboxylic acids is 2. The summed E-state index contributed by atoms with van der Waals surface area (Å²) in [4.78, 5) is 27.4. The van der Waals surface area contributed by atoms with E-state index in [2.05, 4.69) is 31.9 Å². The molecule has 1 unspecified atom stereocenters. The molecule has 0 aromatic heterocycles. The third kappa shape index (κ3) is 2.92. The van der Waals surface area contributed by atoms with Crippen molar-refractivity contribution in [1.29, 1.82) is 0 Å². The number of rotatable bonds is 2. The standard InChI is InChI=1S/C14H14Br2N2O3/c15-9-1-2-11(10(16)7-9)18-13(19)8-12(14(18)20)17-3-5-21-6-4-17/h1-2,7,12H,3-6,8H2/p+1. The molecule has 2 amide bonds. The lowest BCUT2D eigenvalue weighted by Gasteiger charge is -2.27. The molecule has 1 aromatic carbocycles. The fourth-order valence-corrected chi connectivity index (χ4v) is 4.07. The Bertz CT molecular complexity index is 588. The molecule has 1 aromatic rings. The van der Waals surface area contributed by atoms with Crippen LogP contribution in [0.2, 0.25) is 0 Å². The van der Waals surface area contributed by atoms with Crippen LogP contribution in [0.15, 0.2) is 27.1 Å². The number of ether oxygens (including phenoxy) is 1. The highest BCUT2D eigenvalue weighted by Crippen LogP contribution is 2.32. The monoisotopic (exact) mass is 417 g/mol. The van der Waals surface area contributed by atoms with E-state index in [1.54, 1.807) is 6.07 Å². The highest BCUT2D eigenvalue weighted by molar-refractivity contribution is 9.11. The van der Waals surface area contributed by atoms with Crippen molar-refractivity contribution in [3.05, 3.63) is 27.1 Å². The van der Waals surface area contributed by atoms with Crippen molar-refractivity contribution in [1.82, 2.24) is 0 Å². The Morgan fingerprint density at radius 3 is 2.57 bits per heavy atom. The van der Waals surface area contributed by atoms with E-state index in [4.69, 9.17) is 4.74 Å². The fraction of sp³-hybridized carbons (Fsp3) is 0.429. The predicted molar refractivity (Wildman–Crippen MR) is 84.3 cm³/mol. The number of benzene rings is 1. The first-order valence-corrected chi connectivity index (χ1v) is 8.40. The minimum absolute atomic E-state index is 0.111. The molecule has 5 nitrogen and oxygen atoms in total. The molecule has 1 atom stereocenters. The summed E-state index contributed by atoms with van der Waals surface area (Å²) in [6.07, 6.45) is 0.274. The molecule has 2 aliphatic rings. The van der Waals surface area contributed by atoms with Gasteiger partial charge in [0.25, 0.3) is 5.91 Å². The van der Waals surface area contributed by atoms with Crippen LogP contribution in [0.25, 0.3) is 0 Å². The van der Waals surface area contributed by atoms with E-state index in [0.717, 1.165) is 26.9 Å². The number of hydrogen-bond acceptors (Lipinski definition) is 3. The lowest BCUT2D eigenvalue weighted by molar-refractivity contribution is -0.922. The van der Waals surface area contributed by atoms with Crippen LogP contribution >= 0.6 is 31.9 Å². The zero-order valence-electron chi connectivity index (χ0n) is 11.3. The highest BCUT2D eigenvalue weighted by Gasteiger charge is 2.46. The van der Waals surface area contributed by atoms with Gasteiger partial charge in [-0.05, 0) is 34.1 Å². The molecule has 2 saturated heterocycles. The van der Waals surface area contributed by atoms with Gasteiger partial charge >= 0.3 is 0 Å². The van der Waals surface area contributed by atoms with Gasteiger partial charge in [0.15, 0.2) is 6.04 Å². The lowest BCUT2D eigenvalue weighted by Crippen LogP contribution is -3.18. The Morgan fingerprint density at radius 1 is 1.19 bits per heavy atom. The van der Waals surface area contributed by atoms with Gasteiger partial charge in [-0.3, -0.25) is 9.59 Å². The first-order chi connectivity index (χ1) is 10.1. The maximum Gasteiger partial charge on any atom is 0.292 e. The number of anilines is 1. The summed E-state index contributed by atoms with van der Waals surface area (Å²) in [6.45, 7) is 2.85. The third-order valence-electron chi connectivity index (χ3n) is 3.93. The smallest absolute Gasteiger partial charge is 0.292 e. The van der Waals surface area contributed by atoms with E-state index >= 15 is 0 Å². The average Bonchev–Trinajstić information content (AvgIpc) is 2.76. The SMILES string of the molecule is O=C1CC([NH+]2CCOCC2)C(=O)N1c1ccc(Br)cc1Br. The number of morpholine rings is 1. The molecule has 0 saturated carbocycles. The van der Waals surface area contributed by atoms with Crippen LogP contribution in [0.3, 0.4) is 0 Å². The molecular formula is C14H15Br2N2O3+. The molecule has 0 radical (unpaired) electrons. The van der Waals surface area contributed by atoms with Crippen molar-refractivity contribution in [3.8, 4) is 0 Å². The van der Waals surface area contributed by atoms with E-state index in [0.29, 0.717) is 18.9 Å². The molecule has 0 spiro atoms. The van der Waals surface area contributed by atoms with E-state index in [1.807, 2.05) is 12.1 Å². The summed E-state index contributed by atoms with van der Waals surface area (Å²) >= 11 is 6.80. The number of hydrogen-bond donors (Lipinski definition) is 1. The van der Waals surface area contributed by atoms with Crippen molar-refractivity contribution in [2.45, 2.75) is 12.5 Å². The number of nitrogens with zero attached hydrogens (tertiary/aromatic N) is 1. The van der Waals surface area contributed by atoms with Gasteiger partial charge in [-0.25, -0.2) is 4.90 Å². The molecule has 112 valence electrons. The van der Waals surface area contributed by atoms with Gasteiger partial charge in [0, 0.05) is 8.95 Å². The number of carbonyl (C=O) groups is 2. The van der Waals surface area contributed by atoms with Gasteiger partial charge in [-0.2, -0.15) is 0 Å². The maximum absolute atomic E-state index is 12.7. The van der Waals surface area contributed by atoms with E-state index in [-0.39, 0.29) is 24.3 Å². The van der Waals surface area contributed by atoms with Gasteiger partial charge < -0.3 is 9.64 Å². The molecule has 0 bridgehead atoms. The zero-order chi connectivity index (χ0) is 15.0. The van der Waals surface area contributed by atoms with Crippen LogP contribution in [-0.2, 0) is 14.3 Å². The summed E-state index contributed by atoms with van der Waals surface area (Å²) in [5, 5.41) is 0. The quantitative estimate of drug-likeness (QED) is 0.721. The summed E-state index contributed by atoms with van der Waals surface area (Å²) in [7, 11) is 0. The summed E-state index contributed by atoms with van der Waals surface area (Å²) in [5.41, 5.74) is 0.614. The molecule has 21 heavy (non-hydrogen) atoms. The molecule has 0 aliphatic carbocycles. The third-order valence-corrected chi connectivity index (χ3v) is 5.05. The summed E-state index contributed by atoms with van der Waals surface area (Å²) in [6, 6.07) is 5.17. The van der Waals surface area contributed by atoms with Crippen LogP contribution in [-0.4, -0.2) is 44.2 Å². The Morgan fingerprint density at radius 2 is 1.90 bits per heavy atom. The first kappa shape index (κ1) is 15.1. The summed E-state index contributed by atoms with van der Waals surface area (Å²) < 4.78 is 6.95. The average molecular weight is 419 g/mol. The second-order valence-electron chi connectivity index (χ2n) is 5.19. The van der Waals surface area contributed by atoms with Crippen LogP contribution in [0, 0.1) is 0 Å². The number of quaternary nitrogens is 1. The summed E-state index contributed by atoms with van der Waals surface area (Å²) in [5.74, 6) is -0.244. The Balaban J connectivity index is 1.86. The van der Waals surface area contributed by atoms with Crippen molar-refractivity contribution in [2.24, 2.45) is 0 Å². The first-order valence-electron chi connectivity index (χ1n) is 6.82. The number of imide groups is 1. The van der Waals surface area contributed by atoms with Gasteiger partial charge in [0.05, 0.1) is 25.3 Å². The van der Waals surface area contributed by atoms with Crippen LogP contribution in [0.4, 0.5) is 5.69 Å². The molecule has 2 fully saturated rings. The van der Waals surface area contributed by atoms with Crippen molar-refractivity contribution in [3.63, 3.8) is 0 Å². The maximum atomic E-state index is 12.7. The lowest BCUT2D eigenvalue weighted by atomic mass is 10.2. The van der Waals surface area contributed by atoms with Crippen molar-refractivity contribution >= 4 is 49.4 Å². The molecule has 1 N–H and O–H groups in total. The van der Waals surface area contributed by atoms with Crippen LogP contribution in [0.1, 0.15) is 6.42 Å². The number of halogens is 2. The minimum Gasteiger partial charge on any atom is -0.370 e. The van der Waals surface area contributed by atoms with Gasteiger partial charge in [0.2, 0.25) is 5.91 Å². The number of amides is 2. The van der Waals surface area contributed by atoms with Gasteiger partial charge in [0.1, 0.15) is 13.1 Å². The largest absolute Gasteiger partial charge is 0.370 e. The second-order valence-corrected chi connectivity index (χ2v) is 6.96. The van der Waals surface area contributed by atoms with Gasteiger partial charge in [-0.15, -0.1) is 0 Å². The van der Waals surface area contributed by atoms with Crippen molar-refractivity contribution in [2.75, 3.05) is 31.2 Å². The Hall–Kier alpha value is -0.760. The Labute approximate surface area is 139 Å². The Kier molecular flexibility index (Phi) is 4.44. The number of nitrogens with one attached hydrogen (secondary N) is 1. The van der Waals surface area contributed by atoms with Crippen LogP contribution in [0.5, 0.6) is 0 Å². The van der Waals surface area contributed by atoms with E-state index < -0.39 is 0 Å². The van der Waals surface area contributed by atoms with Gasteiger partial charge in [-0.1, -0.05) is 15.9 Å². The topological polar surface area (TPSA) is 51.1 Å². The molecule has 2 heterocycles. The molecular weight excluding hydrogens is 404 g/mol. The zero-order valence-corrected chi connectivity index (χ0v) is 14.4. The molecule has 2 aliphatic heterocycles. The predicted octanol–water partition coefficient (Wildman–Crippen LogP) is 0.759. The molecule has 3 rings (SSSR count).